The topological polar surface area (TPSA) is 89.7 Å². The van der Waals surface area contributed by atoms with Crippen molar-refractivity contribution in [2.45, 2.75) is 45.8 Å². The maximum absolute atomic E-state index is 12.5. The van der Waals surface area contributed by atoms with Crippen LogP contribution in [0, 0.1) is 6.92 Å². The number of anilines is 1. The fourth-order valence-corrected chi connectivity index (χ4v) is 2.92. The Hall–Kier alpha value is -3.16. The molecule has 1 unspecified atom stereocenters. The van der Waals surface area contributed by atoms with Gasteiger partial charge >= 0.3 is 6.03 Å². The lowest BCUT2D eigenvalue weighted by atomic mass is 10.0. The molecule has 2 aromatic heterocycles. The van der Waals surface area contributed by atoms with Crippen molar-refractivity contribution < 1.29 is 4.79 Å². The Morgan fingerprint density at radius 2 is 2.04 bits per heavy atom. The predicted octanol–water partition coefficient (Wildman–Crippen LogP) is 3.15. The van der Waals surface area contributed by atoms with E-state index in [9.17, 15) is 4.79 Å². The molecular weight excluding hydrogens is 342 g/mol. The van der Waals surface area contributed by atoms with Gasteiger partial charge in [0.2, 0.25) is 0 Å². The number of benzene rings is 1. The second-order valence-corrected chi connectivity index (χ2v) is 6.39. The van der Waals surface area contributed by atoms with Crippen molar-refractivity contribution in [3.05, 3.63) is 60.3 Å². The molecule has 8 nitrogen and oxygen atoms in total. The van der Waals surface area contributed by atoms with E-state index in [4.69, 9.17) is 0 Å². The molecular formula is C19H25N7O. The minimum absolute atomic E-state index is 0.126. The molecule has 0 saturated carbocycles. The normalized spacial score (nSPS) is 11.9. The summed E-state index contributed by atoms with van der Waals surface area (Å²) in [6.45, 7) is 5.57. The Bertz CT molecular complexity index is 856. The van der Waals surface area contributed by atoms with Crippen LogP contribution in [0.3, 0.4) is 0 Å². The summed E-state index contributed by atoms with van der Waals surface area (Å²) in [4.78, 5) is 16.7. The number of aromatic nitrogens is 5. The van der Waals surface area contributed by atoms with E-state index in [1.165, 1.54) is 0 Å². The number of hydrogen-bond donors (Lipinski definition) is 2. The van der Waals surface area contributed by atoms with Crippen LogP contribution in [0.2, 0.25) is 0 Å². The van der Waals surface area contributed by atoms with Crippen LogP contribution in [-0.4, -0.2) is 30.6 Å². The smallest absolute Gasteiger partial charge is 0.320 e. The molecule has 0 aliphatic rings. The van der Waals surface area contributed by atoms with E-state index in [-0.39, 0.29) is 12.1 Å². The minimum Gasteiger partial charge on any atom is -0.335 e. The highest BCUT2D eigenvalue weighted by atomic mass is 16.2. The molecule has 27 heavy (non-hydrogen) atoms. The second kappa shape index (κ2) is 8.98. The molecule has 1 atom stereocenters. The largest absolute Gasteiger partial charge is 0.335 e. The Kier molecular flexibility index (Phi) is 6.19. The monoisotopic (exact) mass is 367 g/mol. The van der Waals surface area contributed by atoms with Crippen LogP contribution in [0.1, 0.15) is 37.2 Å². The van der Waals surface area contributed by atoms with Crippen LogP contribution in [0.25, 0.3) is 0 Å². The van der Waals surface area contributed by atoms with E-state index in [0.717, 1.165) is 37.3 Å². The van der Waals surface area contributed by atoms with E-state index < -0.39 is 0 Å². The van der Waals surface area contributed by atoms with Crippen LogP contribution in [-0.2, 0) is 13.1 Å². The maximum atomic E-state index is 12.5. The van der Waals surface area contributed by atoms with E-state index in [1.54, 1.807) is 17.1 Å². The zero-order chi connectivity index (χ0) is 19.1. The third-order valence-electron chi connectivity index (χ3n) is 4.32. The lowest BCUT2D eigenvalue weighted by molar-refractivity contribution is 0.247. The van der Waals surface area contributed by atoms with Gasteiger partial charge in [-0.15, -0.1) is 5.10 Å². The Morgan fingerprint density at radius 3 is 2.74 bits per heavy atom. The van der Waals surface area contributed by atoms with Crippen LogP contribution in [0.5, 0.6) is 0 Å². The molecule has 142 valence electrons. The van der Waals surface area contributed by atoms with Crippen molar-refractivity contribution in [2.75, 3.05) is 5.32 Å². The van der Waals surface area contributed by atoms with Gasteiger partial charge in [0.15, 0.2) is 5.82 Å². The van der Waals surface area contributed by atoms with Gasteiger partial charge in [0.05, 0.1) is 12.2 Å². The summed E-state index contributed by atoms with van der Waals surface area (Å²) in [6, 6.07) is 9.52. The third kappa shape index (κ3) is 5.16. The number of carbonyl (C=O) groups excluding carboxylic acids is 1. The maximum Gasteiger partial charge on any atom is 0.320 e. The summed E-state index contributed by atoms with van der Waals surface area (Å²) in [5.74, 6) is 1.40. The van der Waals surface area contributed by atoms with Gasteiger partial charge in [-0.25, -0.2) is 9.78 Å². The van der Waals surface area contributed by atoms with Crippen molar-refractivity contribution in [1.82, 2.24) is 29.9 Å². The van der Waals surface area contributed by atoms with E-state index in [1.807, 2.05) is 43.5 Å². The van der Waals surface area contributed by atoms with Gasteiger partial charge in [0.25, 0.3) is 0 Å². The van der Waals surface area contributed by atoms with Crippen molar-refractivity contribution in [2.24, 2.45) is 0 Å². The van der Waals surface area contributed by atoms with E-state index in [2.05, 4.69) is 37.4 Å². The van der Waals surface area contributed by atoms with Crippen LogP contribution < -0.4 is 10.6 Å². The van der Waals surface area contributed by atoms with Gasteiger partial charge in [0.1, 0.15) is 5.82 Å². The molecule has 0 radical (unpaired) electrons. The van der Waals surface area contributed by atoms with Gasteiger partial charge in [0, 0.05) is 25.5 Å². The molecule has 0 saturated heterocycles. The number of nitrogens with zero attached hydrogens (tertiary/aromatic N) is 5. The highest BCUT2D eigenvalue weighted by molar-refractivity contribution is 5.88. The van der Waals surface area contributed by atoms with Crippen LogP contribution in [0.4, 0.5) is 10.6 Å². The predicted molar refractivity (Wildman–Crippen MR) is 103 cm³/mol. The molecule has 8 heteroatoms. The molecule has 0 bridgehead atoms. The van der Waals surface area contributed by atoms with Gasteiger partial charge < -0.3 is 9.88 Å². The first-order chi connectivity index (χ1) is 13.2. The van der Waals surface area contributed by atoms with Gasteiger partial charge in [-0.3, -0.25) is 10.00 Å². The number of rotatable bonds is 8. The standard InChI is InChI=1S/C19H25N7O/c1-3-11-26-14-18(23-24-26)22-19(27)21-17(16-7-5-4-6-8-16)9-12-25-13-10-20-15(25)2/h4-8,10,13-14,17H,3,9,11-12H2,1-2H3,(H2,21,22,27). The lowest BCUT2D eigenvalue weighted by Gasteiger charge is -2.20. The SMILES string of the molecule is CCCn1cc(NC(=O)NC(CCn2ccnc2C)c2ccccc2)nn1. The van der Waals surface area contributed by atoms with E-state index in [0.29, 0.717) is 5.82 Å². The highest BCUT2D eigenvalue weighted by Gasteiger charge is 2.16. The van der Waals surface area contributed by atoms with Crippen LogP contribution >= 0.6 is 0 Å². The molecule has 2 amide bonds. The van der Waals surface area contributed by atoms with Crippen molar-refractivity contribution in [3.8, 4) is 0 Å². The zero-order valence-electron chi connectivity index (χ0n) is 15.7. The molecule has 1 aromatic carbocycles. The van der Waals surface area contributed by atoms with Crippen molar-refractivity contribution >= 4 is 11.8 Å². The molecule has 0 aliphatic carbocycles. The number of imidazole rings is 1. The van der Waals surface area contributed by atoms with Crippen molar-refractivity contribution in [3.63, 3.8) is 0 Å². The summed E-state index contributed by atoms with van der Waals surface area (Å²) in [5, 5.41) is 13.8. The zero-order valence-corrected chi connectivity index (χ0v) is 15.7. The number of carbonyl (C=O) groups is 1. The first kappa shape index (κ1) is 18.6. The first-order valence-corrected chi connectivity index (χ1v) is 9.16. The summed E-state index contributed by atoms with van der Waals surface area (Å²) >= 11 is 0. The molecule has 0 aliphatic heterocycles. The van der Waals surface area contributed by atoms with Crippen LogP contribution in [0.15, 0.2) is 48.9 Å². The quantitative estimate of drug-likeness (QED) is 0.640. The summed E-state index contributed by atoms with van der Waals surface area (Å²) in [7, 11) is 0. The fourth-order valence-electron chi connectivity index (χ4n) is 2.92. The second-order valence-electron chi connectivity index (χ2n) is 6.39. The number of amides is 2. The minimum atomic E-state index is -0.297. The number of nitrogens with one attached hydrogen (secondary N) is 2. The summed E-state index contributed by atoms with van der Waals surface area (Å²) in [5.41, 5.74) is 1.06. The fraction of sp³-hybridized carbons (Fsp3) is 0.368. The Balaban J connectivity index is 1.64. The molecule has 3 rings (SSSR count). The van der Waals surface area contributed by atoms with Crippen molar-refractivity contribution in [1.29, 1.82) is 0 Å². The van der Waals surface area contributed by atoms with Gasteiger partial charge in [-0.05, 0) is 25.3 Å². The van der Waals surface area contributed by atoms with Gasteiger partial charge in [-0.1, -0.05) is 42.5 Å². The molecule has 0 spiro atoms. The summed E-state index contributed by atoms with van der Waals surface area (Å²) in [6.07, 6.45) is 7.17. The number of urea groups is 1. The van der Waals surface area contributed by atoms with E-state index >= 15 is 0 Å². The molecule has 2 N–H and O–H groups in total. The van der Waals surface area contributed by atoms with Gasteiger partial charge in [-0.2, -0.15) is 0 Å². The average Bonchev–Trinajstić information content (AvgIpc) is 3.28. The lowest BCUT2D eigenvalue weighted by Crippen LogP contribution is -2.33. The average molecular weight is 367 g/mol. The molecule has 0 fully saturated rings. The first-order valence-electron chi connectivity index (χ1n) is 9.16. The Labute approximate surface area is 158 Å². The third-order valence-corrected chi connectivity index (χ3v) is 4.32. The number of aryl methyl sites for hydroxylation is 3. The molecule has 3 aromatic rings. The molecule has 2 heterocycles. The highest BCUT2D eigenvalue weighted by Crippen LogP contribution is 2.18. The summed E-state index contributed by atoms with van der Waals surface area (Å²) < 4.78 is 3.79. The Morgan fingerprint density at radius 1 is 1.22 bits per heavy atom. The number of hydrogen-bond acceptors (Lipinski definition) is 4.